The summed E-state index contributed by atoms with van der Waals surface area (Å²) in [5.41, 5.74) is 5.84. The molecule has 2 aromatic carbocycles. The van der Waals surface area contributed by atoms with Crippen LogP contribution in [0.15, 0.2) is 72.9 Å². The molecule has 0 aliphatic carbocycles. The molecule has 2 aromatic heterocycles. The van der Waals surface area contributed by atoms with Crippen LogP contribution in [0.1, 0.15) is 34.3 Å². The molecule has 1 fully saturated rings. The summed E-state index contributed by atoms with van der Waals surface area (Å²) in [4.78, 5) is 5.02. The molecule has 3 heterocycles. The number of benzene rings is 2. The number of hydrogen-bond acceptors (Lipinski definition) is 5. The molecule has 0 bridgehead atoms. The van der Waals surface area contributed by atoms with Gasteiger partial charge in [-0.05, 0) is 53.1 Å². The van der Waals surface area contributed by atoms with E-state index < -0.39 is 0 Å². The van der Waals surface area contributed by atoms with Gasteiger partial charge in [-0.1, -0.05) is 60.7 Å². The van der Waals surface area contributed by atoms with Crippen molar-refractivity contribution in [3.8, 4) is 5.69 Å². The standard InChI is InChI=1S/C28H33N7/c1-22-10-7-11-23(2)26(22)35-28(29-30-31-35)27(25-15-9-16-32(25)3)34-20-18-33(19-21-34)17-8-14-24-12-5-4-6-13-24/h4-16,27H,17-21H2,1-3H3/t27-/m0/s1. The molecule has 1 aliphatic rings. The van der Waals surface area contributed by atoms with E-state index in [1.807, 2.05) is 4.68 Å². The predicted molar refractivity (Wildman–Crippen MR) is 139 cm³/mol. The van der Waals surface area contributed by atoms with Gasteiger partial charge < -0.3 is 4.57 Å². The number of piperazine rings is 1. The summed E-state index contributed by atoms with van der Waals surface area (Å²) in [6.07, 6.45) is 6.57. The normalized spacial score (nSPS) is 16.2. The lowest BCUT2D eigenvalue weighted by Gasteiger charge is -2.38. The molecule has 0 unspecified atom stereocenters. The molecule has 1 atom stereocenters. The Bertz CT molecular complexity index is 1260. The number of nitrogens with zero attached hydrogens (tertiary/aromatic N) is 7. The highest BCUT2D eigenvalue weighted by atomic mass is 15.6. The van der Waals surface area contributed by atoms with Crippen molar-refractivity contribution in [1.29, 1.82) is 0 Å². The molecule has 1 aliphatic heterocycles. The lowest BCUT2D eigenvalue weighted by Crippen LogP contribution is -2.48. The molecule has 0 saturated carbocycles. The third-order valence-electron chi connectivity index (χ3n) is 6.90. The first-order valence-corrected chi connectivity index (χ1v) is 12.3. The fraction of sp³-hybridized carbons (Fsp3) is 0.321. The molecule has 5 rings (SSSR count). The monoisotopic (exact) mass is 467 g/mol. The quantitative estimate of drug-likeness (QED) is 0.411. The molecular formula is C28H33N7. The highest BCUT2D eigenvalue weighted by molar-refractivity contribution is 5.49. The second-order valence-corrected chi connectivity index (χ2v) is 9.29. The van der Waals surface area contributed by atoms with Crippen LogP contribution in [0, 0.1) is 13.8 Å². The van der Waals surface area contributed by atoms with Crippen molar-refractivity contribution in [2.75, 3.05) is 32.7 Å². The van der Waals surface area contributed by atoms with Gasteiger partial charge in [0.2, 0.25) is 0 Å². The van der Waals surface area contributed by atoms with Gasteiger partial charge in [-0.25, -0.2) is 0 Å². The summed E-state index contributed by atoms with van der Waals surface area (Å²) in [6, 6.07) is 21.1. The van der Waals surface area contributed by atoms with Crippen LogP contribution in [-0.4, -0.2) is 67.3 Å². The van der Waals surface area contributed by atoms with Gasteiger partial charge in [0.15, 0.2) is 5.82 Å². The van der Waals surface area contributed by atoms with Crippen LogP contribution < -0.4 is 0 Å². The smallest absolute Gasteiger partial charge is 0.179 e. The second kappa shape index (κ2) is 10.4. The van der Waals surface area contributed by atoms with Crippen molar-refractivity contribution in [1.82, 2.24) is 34.6 Å². The zero-order valence-corrected chi connectivity index (χ0v) is 20.7. The molecule has 0 N–H and O–H groups in total. The lowest BCUT2D eigenvalue weighted by atomic mass is 10.1. The number of tetrazole rings is 1. The van der Waals surface area contributed by atoms with Crippen LogP contribution in [0.3, 0.4) is 0 Å². The zero-order chi connectivity index (χ0) is 24.2. The Balaban J connectivity index is 1.38. The Morgan fingerprint density at radius 2 is 1.63 bits per heavy atom. The zero-order valence-electron chi connectivity index (χ0n) is 20.7. The summed E-state index contributed by atoms with van der Waals surface area (Å²) in [5.74, 6) is 0.863. The van der Waals surface area contributed by atoms with Crippen LogP contribution in [0.4, 0.5) is 0 Å². The summed E-state index contributed by atoms with van der Waals surface area (Å²) >= 11 is 0. The average Bonchev–Trinajstić information content (AvgIpc) is 3.51. The predicted octanol–water partition coefficient (Wildman–Crippen LogP) is 4.04. The first-order chi connectivity index (χ1) is 17.1. The van der Waals surface area contributed by atoms with Crippen LogP contribution in [0.5, 0.6) is 0 Å². The molecule has 180 valence electrons. The number of rotatable bonds is 7. The van der Waals surface area contributed by atoms with Crippen LogP contribution in [0.25, 0.3) is 11.8 Å². The summed E-state index contributed by atoms with van der Waals surface area (Å²) < 4.78 is 4.13. The SMILES string of the molecule is Cc1cccc(C)c1-n1nnnc1[C@H](c1cccn1C)N1CCN(CC=Cc2ccccc2)CC1. The van der Waals surface area contributed by atoms with Gasteiger partial charge in [0.25, 0.3) is 0 Å². The Kier molecular flexibility index (Phi) is 6.88. The van der Waals surface area contributed by atoms with Gasteiger partial charge in [-0.2, -0.15) is 4.68 Å². The Labute approximate surface area is 207 Å². The summed E-state index contributed by atoms with van der Waals surface area (Å²) in [5, 5.41) is 13.1. The van der Waals surface area contributed by atoms with Gasteiger partial charge in [0.05, 0.1) is 5.69 Å². The maximum absolute atomic E-state index is 4.57. The average molecular weight is 468 g/mol. The molecule has 0 amide bonds. The topological polar surface area (TPSA) is 55.0 Å². The molecule has 0 radical (unpaired) electrons. The minimum Gasteiger partial charge on any atom is -0.353 e. The number of aromatic nitrogens is 5. The van der Waals surface area contributed by atoms with Crippen molar-refractivity contribution >= 4 is 6.08 Å². The summed E-state index contributed by atoms with van der Waals surface area (Å²) in [7, 11) is 2.10. The summed E-state index contributed by atoms with van der Waals surface area (Å²) in [6.45, 7) is 9.11. The Morgan fingerprint density at radius 3 is 2.31 bits per heavy atom. The molecule has 35 heavy (non-hydrogen) atoms. The minimum absolute atomic E-state index is 0.0222. The van der Waals surface area contributed by atoms with Crippen LogP contribution >= 0.6 is 0 Å². The van der Waals surface area contributed by atoms with Crippen molar-refractivity contribution in [3.63, 3.8) is 0 Å². The van der Waals surface area contributed by atoms with E-state index in [1.54, 1.807) is 0 Å². The van der Waals surface area contributed by atoms with E-state index in [4.69, 9.17) is 0 Å². The van der Waals surface area contributed by atoms with Gasteiger partial charge in [0.1, 0.15) is 6.04 Å². The Morgan fingerprint density at radius 1 is 0.886 bits per heavy atom. The van der Waals surface area contributed by atoms with Crippen LogP contribution in [-0.2, 0) is 7.05 Å². The van der Waals surface area contributed by atoms with Crippen molar-refractivity contribution in [2.45, 2.75) is 19.9 Å². The number of hydrogen-bond donors (Lipinski definition) is 0. The molecule has 4 aromatic rings. The van der Waals surface area contributed by atoms with E-state index in [0.717, 1.165) is 44.2 Å². The van der Waals surface area contributed by atoms with Crippen LogP contribution in [0.2, 0.25) is 0 Å². The molecule has 7 heteroatoms. The molecule has 1 saturated heterocycles. The van der Waals surface area contributed by atoms with Gasteiger partial charge in [0, 0.05) is 51.7 Å². The minimum atomic E-state index is -0.0222. The first-order valence-electron chi connectivity index (χ1n) is 12.3. The van der Waals surface area contributed by atoms with E-state index in [9.17, 15) is 0 Å². The van der Waals surface area contributed by atoms with E-state index in [-0.39, 0.29) is 6.04 Å². The van der Waals surface area contributed by atoms with Crippen molar-refractivity contribution in [2.24, 2.45) is 7.05 Å². The van der Waals surface area contributed by atoms with Gasteiger partial charge in [-0.3, -0.25) is 9.80 Å². The highest BCUT2D eigenvalue weighted by Crippen LogP contribution is 2.30. The van der Waals surface area contributed by atoms with E-state index in [2.05, 4.69) is 130 Å². The number of para-hydroxylation sites is 1. The van der Waals surface area contributed by atoms with Gasteiger partial charge in [-0.15, -0.1) is 5.10 Å². The first kappa shape index (κ1) is 23.2. The maximum atomic E-state index is 4.57. The highest BCUT2D eigenvalue weighted by Gasteiger charge is 2.32. The van der Waals surface area contributed by atoms with E-state index in [0.29, 0.717) is 0 Å². The molecule has 0 spiro atoms. The fourth-order valence-electron chi connectivity index (χ4n) is 5.01. The third kappa shape index (κ3) is 4.97. The molecule has 7 nitrogen and oxygen atoms in total. The van der Waals surface area contributed by atoms with Crippen molar-refractivity contribution < 1.29 is 0 Å². The second-order valence-electron chi connectivity index (χ2n) is 9.29. The largest absolute Gasteiger partial charge is 0.353 e. The van der Waals surface area contributed by atoms with Gasteiger partial charge >= 0.3 is 0 Å². The van der Waals surface area contributed by atoms with E-state index >= 15 is 0 Å². The fourth-order valence-corrected chi connectivity index (χ4v) is 5.01. The third-order valence-corrected chi connectivity index (χ3v) is 6.90. The number of aryl methyl sites for hydroxylation is 3. The lowest BCUT2D eigenvalue weighted by molar-refractivity contribution is 0.111. The Hall–Kier alpha value is -3.55. The van der Waals surface area contributed by atoms with E-state index in [1.165, 1.54) is 22.4 Å². The molecular weight excluding hydrogens is 434 g/mol. The maximum Gasteiger partial charge on any atom is 0.179 e. The van der Waals surface area contributed by atoms with Crippen molar-refractivity contribution in [3.05, 3.63) is 101 Å².